The highest BCUT2D eigenvalue weighted by Crippen LogP contribution is 2.31. The van der Waals surface area contributed by atoms with E-state index in [0.717, 1.165) is 48.7 Å². The molecule has 4 nitrogen and oxygen atoms in total. The molecule has 0 aliphatic carbocycles. The Morgan fingerprint density at radius 3 is 1.37 bits per heavy atom. The van der Waals surface area contributed by atoms with Crippen LogP contribution in [-0.2, 0) is 25.7 Å². The summed E-state index contributed by atoms with van der Waals surface area (Å²) in [5.41, 5.74) is 4.85. The Hall–Kier alpha value is -3.14. The minimum Gasteiger partial charge on any atom is -0.497 e. The van der Waals surface area contributed by atoms with Crippen LogP contribution in [0.25, 0.3) is 0 Å². The third-order valence-electron chi connectivity index (χ3n) is 5.32. The molecule has 0 heterocycles. The first-order chi connectivity index (χ1) is 14.7. The molecule has 0 aliphatic heterocycles. The highest BCUT2D eigenvalue weighted by molar-refractivity contribution is 5.47. The molecule has 0 bridgehead atoms. The van der Waals surface area contributed by atoms with Gasteiger partial charge in [-0.15, -0.1) is 0 Å². The molecule has 0 aliphatic rings. The first-order valence-corrected chi connectivity index (χ1v) is 10.2. The molecule has 0 radical (unpaired) electrons. The lowest BCUT2D eigenvalue weighted by Gasteiger charge is -2.15. The quantitative estimate of drug-likeness (QED) is 0.458. The second-order valence-corrected chi connectivity index (χ2v) is 7.18. The maximum atomic E-state index is 5.65. The van der Waals surface area contributed by atoms with Crippen molar-refractivity contribution >= 4 is 0 Å². The van der Waals surface area contributed by atoms with E-state index in [0.29, 0.717) is 0 Å². The molecule has 0 amide bonds. The zero-order valence-corrected chi connectivity index (χ0v) is 18.2. The Balaban J connectivity index is 1.78. The predicted octanol–water partition coefficient (Wildman–Crippen LogP) is 5.29. The number of rotatable bonds is 10. The average Bonchev–Trinajstić information content (AvgIpc) is 2.81. The summed E-state index contributed by atoms with van der Waals surface area (Å²) >= 11 is 0. The summed E-state index contributed by atoms with van der Waals surface area (Å²) in [6.07, 6.45) is 3.59. The van der Waals surface area contributed by atoms with E-state index in [1.165, 1.54) is 22.3 Å². The standard InChI is InChI=1S/C26H30O4/c1-27-23-9-5-7-19(15-23)11-13-21-17-22(26(30-4)18-25(21)29-3)14-12-20-8-6-10-24(16-20)28-2/h5-10,15-18H,11-14H2,1-4H3. The van der Waals surface area contributed by atoms with Gasteiger partial charge in [-0.3, -0.25) is 0 Å². The van der Waals surface area contributed by atoms with Crippen molar-refractivity contribution in [3.63, 3.8) is 0 Å². The van der Waals surface area contributed by atoms with Gasteiger partial charge in [0.1, 0.15) is 23.0 Å². The van der Waals surface area contributed by atoms with Crippen molar-refractivity contribution in [2.75, 3.05) is 28.4 Å². The molecule has 0 atom stereocenters. The highest BCUT2D eigenvalue weighted by Gasteiger charge is 2.12. The van der Waals surface area contributed by atoms with Crippen molar-refractivity contribution in [2.45, 2.75) is 25.7 Å². The molecule has 3 aromatic rings. The first-order valence-electron chi connectivity index (χ1n) is 10.2. The van der Waals surface area contributed by atoms with Gasteiger partial charge in [0.15, 0.2) is 0 Å². The Bertz CT molecular complexity index is 890. The molecule has 3 aromatic carbocycles. The molecule has 0 aromatic heterocycles. The fourth-order valence-corrected chi connectivity index (χ4v) is 3.64. The lowest BCUT2D eigenvalue weighted by Crippen LogP contribution is -2.02. The van der Waals surface area contributed by atoms with E-state index in [1.54, 1.807) is 28.4 Å². The Labute approximate surface area is 179 Å². The van der Waals surface area contributed by atoms with Crippen LogP contribution >= 0.6 is 0 Å². The largest absolute Gasteiger partial charge is 0.497 e. The van der Waals surface area contributed by atoms with Gasteiger partial charge in [0.25, 0.3) is 0 Å². The smallest absolute Gasteiger partial charge is 0.125 e. The van der Waals surface area contributed by atoms with E-state index in [2.05, 4.69) is 30.3 Å². The third-order valence-corrected chi connectivity index (χ3v) is 5.32. The second-order valence-electron chi connectivity index (χ2n) is 7.18. The maximum Gasteiger partial charge on any atom is 0.125 e. The number of hydrogen-bond donors (Lipinski definition) is 0. The first kappa shape index (κ1) is 21.6. The number of benzene rings is 3. The molecule has 158 valence electrons. The second kappa shape index (κ2) is 10.6. The van der Waals surface area contributed by atoms with Crippen LogP contribution in [-0.4, -0.2) is 28.4 Å². The Morgan fingerprint density at radius 1 is 0.500 bits per heavy atom. The van der Waals surface area contributed by atoms with Gasteiger partial charge in [0.2, 0.25) is 0 Å². The molecule has 0 saturated heterocycles. The van der Waals surface area contributed by atoms with Crippen LogP contribution in [0.5, 0.6) is 23.0 Å². The summed E-state index contributed by atoms with van der Waals surface area (Å²) in [7, 11) is 6.81. The fourth-order valence-electron chi connectivity index (χ4n) is 3.64. The van der Waals surface area contributed by atoms with Gasteiger partial charge in [0, 0.05) is 6.07 Å². The van der Waals surface area contributed by atoms with Gasteiger partial charge in [-0.25, -0.2) is 0 Å². The Morgan fingerprint density at radius 2 is 0.967 bits per heavy atom. The van der Waals surface area contributed by atoms with Crippen LogP contribution in [0.3, 0.4) is 0 Å². The summed E-state index contributed by atoms with van der Waals surface area (Å²) in [5, 5.41) is 0. The predicted molar refractivity (Wildman–Crippen MR) is 120 cm³/mol. The molecule has 0 saturated carbocycles. The van der Waals surface area contributed by atoms with Crippen molar-refractivity contribution in [3.8, 4) is 23.0 Å². The van der Waals surface area contributed by atoms with Gasteiger partial charge >= 0.3 is 0 Å². The highest BCUT2D eigenvalue weighted by atomic mass is 16.5. The molecule has 0 fully saturated rings. The molecule has 4 heteroatoms. The summed E-state index contributed by atoms with van der Waals surface area (Å²) in [6.45, 7) is 0. The van der Waals surface area contributed by atoms with E-state index >= 15 is 0 Å². The van der Waals surface area contributed by atoms with E-state index in [4.69, 9.17) is 18.9 Å². The minimum atomic E-state index is 0.861. The third kappa shape index (κ3) is 5.47. The van der Waals surface area contributed by atoms with Crippen LogP contribution in [0.1, 0.15) is 22.3 Å². The van der Waals surface area contributed by atoms with Crippen LogP contribution in [0.4, 0.5) is 0 Å². The van der Waals surface area contributed by atoms with Gasteiger partial charge < -0.3 is 18.9 Å². The van der Waals surface area contributed by atoms with Gasteiger partial charge in [0.05, 0.1) is 28.4 Å². The lowest BCUT2D eigenvalue weighted by molar-refractivity contribution is 0.387. The maximum absolute atomic E-state index is 5.65. The summed E-state index contributed by atoms with van der Waals surface area (Å²) in [5.74, 6) is 3.49. The Kier molecular flexibility index (Phi) is 7.61. The molecule has 0 spiro atoms. The molecular weight excluding hydrogens is 376 g/mol. The van der Waals surface area contributed by atoms with E-state index in [9.17, 15) is 0 Å². The topological polar surface area (TPSA) is 36.9 Å². The number of ether oxygens (including phenoxy) is 4. The normalized spacial score (nSPS) is 10.5. The van der Waals surface area contributed by atoms with Crippen LogP contribution in [0, 0.1) is 0 Å². The van der Waals surface area contributed by atoms with Crippen molar-refractivity contribution in [1.82, 2.24) is 0 Å². The van der Waals surface area contributed by atoms with Crippen LogP contribution in [0.15, 0.2) is 60.7 Å². The number of hydrogen-bond acceptors (Lipinski definition) is 4. The van der Waals surface area contributed by atoms with Crippen molar-refractivity contribution in [2.24, 2.45) is 0 Å². The summed E-state index contributed by atoms with van der Waals surface area (Å²) in [4.78, 5) is 0. The van der Waals surface area contributed by atoms with Crippen LogP contribution < -0.4 is 18.9 Å². The van der Waals surface area contributed by atoms with Crippen molar-refractivity contribution in [1.29, 1.82) is 0 Å². The van der Waals surface area contributed by atoms with Gasteiger partial charge in [-0.2, -0.15) is 0 Å². The van der Waals surface area contributed by atoms with E-state index < -0.39 is 0 Å². The minimum absolute atomic E-state index is 0.861. The van der Waals surface area contributed by atoms with Crippen molar-refractivity contribution < 1.29 is 18.9 Å². The van der Waals surface area contributed by atoms with E-state index in [1.807, 2.05) is 30.3 Å². The monoisotopic (exact) mass is 406 g/mol. The zero-order chi connectivity index (χ0) is 21.3. The molecule has 0 unspecified atom stereocenters. The van der Waals surface area contributed by atoms with Crippen molar-refractivity contribution in [3.05, 3.63) is 82.9 Å². The average molecular weight is 407 g/mol. The number of methoxy groups -OCH3 is 4. The summed E-state index contributed by atoms with van der Waals surface area (Å²) in [6, 6.07) is 20.6. The molecule has 30 heavy (non-hydrogen) atoms. The summed E-state index contributed by atoms with van der Waals surface area (Å²) < 4.78 is 22.0. The lowest BCUT2D eigenvalue weighted by atomic mass is 9.97. The zero-order valence-electron chi connectivity index (χ0n) is 18.2. The molecular formula is C26H30O4. The fraction of sp³-hybridized carbons (Fsp3) is 0.308. The van der Waals surface area contributed by atoms with E-state index in [-0.39, 0.29) is 0 Å². The number of aryl methyl sites for hydroxylation is 4. The van der Waals surface area contributed by atoms with Gasteiger partial charge in [-0.05, 0) is 78.3 Å². The molecule has 0 N–H and O–H groups in total. The SMILES string of the molecule is COc1cccc(CCc2cc(CCc3cccc(OC)c3)c(OC)cc2OC)c1. The van der Waals surface area contributed by atoms with Gasteiger partial charge in [-0.1, -0.05) is 24.3 Å². The van der Waals surface area contributed by atoms with Crippen LogP contribution in [0.2, 0.25) is 0 Å². The molecule has 3 rings (SSSR count).